The van der Waals surface area contributed by atoms with Gasteiger partial charge in [-0.3, -0.25) is 4.98 Å². The molecule has 5 nitrogen and oxygen atoms in total. The van der Waals surface area contributed by atoms with E-state index in [1.807, 2.05) is 0 Å². The van der Waals surface area contributed by atoms with Gasteiger partial charge < -0.3 is 9.84 Å². The lowest BCUT2D eigenvalue weighted by Crippen LogP contribution is -2.16. The summed E-state index contributed by atoms with van der Waals surface area (Å²) < 4.78 is 55.0. The van der Waals surface area contributed by atoms with E-state index >= 15 is 0 Å². The molecule has 0 unspecified atom stereocenters. The molecule has 0 saturated carbocycles. The molecule has 0 fully saturated rings. The highest BCUT2D eigenvalue weighted by molar-refractivity contribution is 5.90. The first-order valence-electron chi connectivity index (χ1n) is 7.95. The predicted octanol–water partition coefficient (Wildman–Crippen LogP) is 5.70. The zero-order valence-corrected chi connectivity index (χ0v) is 14.4. The Bertz CT molecular complexity index is 1120. The molecule has 29 heavy (non-hydrogen) atoms. The van der Waals surface area contributed by atoms with Crippen LogP contribution in [-0.2, 0) is 0 Å². The monoisotopic (exact) mass is 402 g/mol. The van der Waals surface area contributed by atoms with Crippen molar-refractivity contribution in [3.63, 3.8) is 0 Å². The molecule has 0 aliphatic heterocycles. The van der Waals surface area contributed by atoms with E-state index < -0.39 is 29.5 Å². The molecule has 3 aromatic rings. The van der Waals surface area contributed by atoms with Gasteiger partial charge in [0.15, 0.2) is 11.5 Å². The standard InChI is InChI=1S/C20H10F4N2O3/c1-25-16-10-12(18-17(21)15(19(27)28)8-9-26-18)4-7-14(16)11-2-5-13(6-3-11)29-20(22,23)24/h2-10H,(H,27,28). The van der Waals surface area contributed by atoms with Gasteiger partial charge in [-0.25, -0.2) is 14.0 Å². The lowest BCUT2D eigenvalue weighted by molar-refractivity contribution is -0.274. The fourth-order valence-electron chi connectivity index (χ4n) is 2.66. The molecule has 1 N–H and O–H groups in total. The summed E-state index contributed by atoms with van der Waals surface area (Å²) in [6.07, 6.45) is -3.67. The molecule has 0 aliphatic carbocycles. The number of halogens is 4. The van der Waals surface area contributed by atoms with Crippen molar-refractivity contribution in [2.75, 3.05) is 0 Å². The first-order valence-corrected chi connectivity index (χ1v) is 7.95. The first-order chi connectivity index (χ1) is 13.7. The van der Waals surface area contributed by atoms with Crippen LogP contribution in [0.2, 0.25) is 0 Å². The van der Waals surface area contributed by atoms with Crippen molar-refractivity contribution in [2.24, 2.45) is 0 Å². The Morgan fingerprint density at radius 3 is 2.31 bits per heavy atom. The number of carbonyl (C=O) groups is 1. The fourth-order valence-corrected chi connectivity index (χ4v) is 2.66. The number of carboxylic acid groups (broad SMARTS) is 1. The second-order valence-corrected chi connectivity index (χ2v) is 5.74. The van der Waals surface area contributed by atoms with E-state index in [9.17, 15) is 22.4 Å². The summed E-state index contributed by atoms with van der Waals surface area (Å²) in [6, 6.07) is 10.2. The summed E-state index contributed by atoms with van der Waals surface area (Å²) in [7, 11) is 0. The largest absolute Gasteiger partial charge is 0.573 e. The van der Waals surface area contributed by atoms with Gasteiger partial charge in [0.1, 0.15) is 11.4 Å². The van der Waals surface area contributed by atoms with Crippen molar-refractivity contribution in [3.8, 4) is 28.1 Å². The van der Waals surface area contributed by atoms with Crippen LogP contribution in [-0.4, -0.2) is 22.4 Å². The van der Waals surface area contributed by atoms with Crippen molar-refractivity contribution in [3.05, 3.63) is 77.5 Å². The van der Waals surface area contributed by atoms with Gasteiger partial charge in [0, 0.05) is 6.20 Å². The number of ether oxygens (including phenoxy) is 1. The zero-order valence-electron chi connectivity index (χ0n) is 14.4. The van der Waals surface area contributed by atoms with Crippen LogP contribution >= 0.6 is 0 Å². The number of hydrogen-bond acceptors (Lipinski definition) is 3. The molecular weight excluding hydrogens is 392 g/mol. The Hall–Kier alpha value is -3.93. The Morgan fingerprint density at radius 1 is 1.07 bits per heavy atom. The maximum absolute atomic E-state index is 14.4. The minimum absolute atomic E-state index is 0.0916. The minimum Gasteiger partial charge on any atom is -0.478 e. The van der Waals surface area contributed by atoms with Gasteiger partial charge >= 0.3 is 12.3 Å². The third kappa shape index (κ3) is 4.32. The van der Waals surface area contributed by atoms with Crippen LogP contribution in [0.1, 0.15) is 10.4 Å². The number of nitrogens with zero attached hydrogens (tertiary/aromatic N) is 2. The molecule has 0 atom stereocenters. The number of aromatic carboxylic acids is 1. The predicted molar refractivity (Wildman–Crippen MR) is 95.0 cm³/mol. The summed E-state index contributed by atoms with van der Waals surface area (Å²) in [6.45, 7) is 7.36. The van der Waals surface area contributed by atoms with Gasteiger partial charge in [0.25, 0.3) is 0 Å². The highest BCUT2D eigenvalue weighted by Crippen LogP contribution is 2.36. The number of rotatable bonds is 4. The van der Waals surface area contributed by atoms with Crippen LogP contribution in [0, 0.1) is 12.4 Å². The highest BCUT2D eigenvalue weighted by Gasteiger charge is 2.31. The van der Waals surface area contributed by atoms with Gasteiger partial charge in [-0.05, 0) is 41.0 Å². The van der Waals surface area contributed by atoms with Crippen molar-refractivity contribution >= 4 is 11.7 Å². The molecule has 2 aromatic carbocycles. The molecule has 0 amide bonds. The van der Waals surface area contributed by atoms with E-state index in [1.54, 1.807) is 0 Å². The maximum atomic E-state index is 14.4. The van der Waals surface area contributed by atoms with Gasteiger partial charge in [0.2, 0.25) is 0 Å². The third-order valence-electron chi connectivity index (χ3n) is 3.91. The van der Waals surface area contributed by atoms with Crippen molar-refractivity contribution in [1.82, 2.24) is 4.98 Å². The van der Waals surface area contributed by atoms with Crippen LogP contribution < -0.4 is 4.74 Å². The van der Waals surface area contributed by atoms with E-state index in [2.05, 4.69) is 14.6 Å². The summed E-state index contributed by atoms with van der Waals surface area (Å²) in [5.74, 6) is -2.88. The summed E-state index contributed by atoms with van der Waals surface area (Å²) in [5.41, 5.74) is 0.354. The van der Waals surface area contributed by atoms with Gasteiger partial charge in [-0.2, -0.15) is 0 Å². The van der Waals surface area contributed by atoms with Crippen LogP contribution in [0.15, 0.2) is 54.7 Å². The number of alkyl halides is 3. The van der Waals surface area contributed by atoms with Crippen molar-refractivity contribution < 1.29 is 32.2 Å². The smallest absolute Gasteiger partial charge is 0.478 e. The minimum atomic E-state index is -4.81. The van der Waals surface area contributed by atoms with E-state index in [1.165, 1.54) is 30.3 Å². The lowest BCUT2D eigenvalue weighted by atomic mass is 9.99. The van der Waals surface area contributed by atoms with Crippen molar-refractivity contribution in [2.45, 2.75) is 6.36 Å². The van der Waals surface area contributed by atoms with Crippen LogP contribution in [0.5, 0.6) is 5.75 Å². The Kier molecular flexibility index (Phi) is 5.19. The summed E-state index contributed by atoms with van der Waals surface area (Å²) in [4.78, 5) is 18.3. The number of hydrogen-bond donors (Lipinski definition) is 1. The van der Waals surface area contributed by atoms with Gasteiger partial charge in [0.05, 0.1) is 12.1 Å². The van der Waals surface area contributed by atoms with Crippen LogP contribution in [0.3, 0.4) is 0 Å². The molecule has 0 saturated heterocycles. The van der Waals surface area contributed by atoms with Crippen molar-refractivity contribution in [1.29, 1.82) is 0 Å². The lowest BCUT2D eigenvalue weighted by Gasteiger charge is -2.11. The molecule has 0 radical (unpaired) electrons. The Labute approximate surface area is 161 Å². The summed E-state index contributed by atoms with van der Waals surface area (Å²) in [5, 5.41) is 9.03. The molecule has 1 aromatic heterocycles. The Balaban J connectivity index is 2.00. The number of aromatic nitrogens is 1. The van der Waals surface area contributed by atoms with E-state index in [0.717, 1.165) is 24.4 Å². The number of pyridine rings is 1. The molecule has 9 heteroatoms. The SMILES string of the molecule is [C-]#[N+]c1cc(-c2nccc(C(=O)O)c2F)ccc1-c1ccc(OC(F)(F)F)cc1. The normalized spacial score (nSPS) is 11.0. The average Bonchev–Trinajstić information content (AvgIpc) is 2.67. The van der Waals surface area contributed by atoms with Crippen LogP contribution in [0.4, 0.5) is 23.2 Å². The topological polar surface area (TPSA) is 63.8 Å². The molecule has 0 spiro atoms. The molecule has 0 bridgehead atoms. The fraction of sp³-hybridized carbons (Fsp3) is 0.0500. The molecule has 146 valence electrons. The molecule has 3 rings (SSSR count). The Morgan fingerprint density at radius 2 is 1.72 bits per heavy atom. The van der Waals surface area contributed by atoms with E-state index in [0.29, 0.717) is 11.1 Å². The average molecular weight is 402 g/mol. The van der Waals surface area contributed by atoms with Crippen LogP contribution in [0.25, 0.3) is 27.2 Å². The second-order valence-electron chi connectivity index (χ2n) is 5.74. The third-order valence-corrected chi connectivity index (χ3v) is 3.91. The molecular formula is C20H10F4N2O3. The van der Waals surface area contributed by atoms with Gasteiger partial charge in [-0.1, -0.05) is 24.3 Å². The van der Waals surface area contributed by atoms with Gasteiger partial charge in [-0.15, -0.1) is 13.2 Å². The summed E-state index contributed by atoms with van der Waals surface area (Å²) >= 11 is 0. The zero-order chi connectivity index (χ0) is 21.2. The maximum Gasteiger partial charge on any atom is 0.573 e. The van der Waals surface area contributed by atoms with E-state index in [4.69, 9.17) is 11.7 Å². The second kappa shape index (κ2) is 7.59. The quantitative estimate of drug-likeness (QED) is 0.449. The number of carboxylic acids is 1. The number of benzene rings is 2. The molecule has 0 aliphatic rings. The first kappa shape index (κ1) is 19.8. The molecule has 1 heterocycles. The highest BCUT2D eigenvalue weighted by atomic mass is 19.4. The van der Waals surface area contributed by atoms with E-state index in [-0.39, 0.29) is 16.9 Å².